The van der Waals surface area contributed by atoms with Crippen molar-refractivity contribution in [1.82, 2.24) is 4.98 Å². The topological polar surface area (TPSA) is 63.3 Å². The molecular weight excluding hydrogens is 357 g/mol. The number of halogens is 1. The van der Waals surface area contributed by atoms with Crippen LogP contribution in [0, 0.1) is 3.57 Å². The van der Waals surface area contributed by atoms with Crippen molar-refractivity contribution in [2.45, 2.75) is 0 Å². The van der Waals surface area contributed by atoms with Crippen LogP contribution in [0.2, 0.25) is 0 Å². The van der Waals surface area contributed by atoms with Gasteiger partial charge < -0.3 is 9.52 Å². The Balaban J connectivity index is 2.11. The number of carboxylic acid groups (broad SMARTS) is 1. The highest BCUT2D eigenvalue weighted by Crippen LogP contribution is 2.25. The van der Waals surface area contributed by atoms with Crippen molar-refractivity contribution in [3.63, 3.8) is 0 Å². The molecule has 0 aliphatic carbocycles. The predicted molar refractivity (Wildman–Crippen MR) is 79.1 cm³/mol. The summed E-state index contributed by atoms with van der Waals surface area (Å²) in [6, 6.07) is 12.4. The van der Waals surface area contributed by atoms with E-state index in [0.29, 0.717) is 17.0 Å². The van der Waals surface area contributed by atoms with Crippen LogP contribution in [0.1, 0.15) is 10.4 Å². The fourth-order valence-corrected chi connectivity index (χ4v) is 2.13. The Morgan fingerprint density at radius 2 is 1.89 bits per heavy atom. The van der Waals surface area contributed by atoms with Gasteiger partial charge in [-0.25, -0.2) is 9.78 Å². The minimum absolute atomic E-state index is 0.192. The Morgan fingerprint density at radius 3 is 2.58 bits per heavy atom. The fraction of sp³-hybridized carbons (Fsp3) is 0. The Hall–Kier alpha value is -1.89. The summed E-state index contributed by atoms with van der Waals surface area (Å²) in [4.78, 5) is 15.2. The number of carbonyl (C=O) groups is 1. The van der Waals surface area contributed by atoms with Gasteiger partial charge in [-0.15, -0.1) is 0 Å². The molecule has 0 unspecified atom stereocenters. The van der Waals surface area contributed by atoms with Crippen molar-refractivity contribution in [3.05, 3.63) is 51.6 Å². The zero-order valence-corrected chi connectivity index (χ0v) is 11.8. The van der Waals surface area contributed by atoms with Crippen LogP contribution in [-0.4, -0.2) is 16.1 Å². The summed E-state index contributed by atoms with van der Waals surface area (Å²) in [7, 11) is 0. The molecule has 3 aromatic rings. The predicted octanol–water partition coefficient (Wildman–Crippen LogP) is 3.80. The number of hydrogen-bond donors (Lipinski definition) is 1. The normalized spacial score (nSPS) is 10.8. The summed E-state index contributed by atoms with van der Waals surface area (Å²) >= 11 is 2.23. The lowest BCUT2D eigenvalue weighted by Crippen LogP contribution is -1.94. The van der Waals surface area contributed by atoms with E-state index in [9.17, 15) is 4.79 Å². The number of fused-ring (bicyclic) bond motifs is 1. The molecule has 0 spiro atoms. The Kier molecular flexibility index (Phi) is 2.98. The lowest BCUT2D eigenvalue weighted by atomic mass is 10.2. The number of hydrogen-bond acceptors (Lipinski definition) is 3. The average molecular weight is 365 g/mol. The molecule has 0 saturated heterocycles. The van der Waals surface area contributed by atoms with Crippen LogP contribution in [0.5, 0.6) is 0 Å². The first-order chi connectivity index (χ1) is 9.13. The van der Waals surface area contributed by atoms with Gasteiger partial charge in [0.15, 0.2) is 5.58 Å². The van der Waals surface area contributed by atoms with Crippen molar-refractivity contribution in [2.75, 3.05) is 0 Å². The van der Waals surface area contributed by atoms with Gasteiger partial charge in [0.25, 0.3) is 0 Å². The van der Waals surface area contributed by atoms with Crippen molar-refractivity contribution < 1.29 is 14.3 Å². The molecule has 0 aliphatic heterocycles. The molecule has 4 nitrogen and oxygen atoms in total. The van der Waals surface area contributed by atoms with Gasteiger partial charge >= 0.3 is 5.97 Å². The van der Waals surface area contributed by atoms with Gasteiger partial charge in [0.2, 0.25) is 5.89 Å². The molecule has 0 amide bonds. The van der Waals surface area contributed by atoms with Gasteiger partial charge in [-0.05, 0) is 65.1 Å². The Bertz CT molecular complexity index is 762. The average Bonchev–Trinajstić information content (AvgIpc) is 2.82. The second-order valence-electron chi connectivity index (χ2n) is 4.01. The largest absolute Gasteiger partial charge is 0.478 e. The molecule has 0 fully saturated rings. The number of benzene rings is 2. The monoisotopic (exact) mass is 365 g/mol. The van der Waals surface area contributed by atoms with Crippen molar-refractivity contribution >= 4 is 39.7 Å². The quantitative estimate of drug-likeness (QED) is 0.702. The number of aromatic carboxylic acids is 1. The number of nitrogens with zero attached hydrogens (tertiary/aromatic N) is 1. The van der Waals surface area contributed by atoms with Gasteiger partial charge in [-0.1, -0.05) is 0 Å². The molecule has 1 heterocycles. The van der Waals surface area contributed by atoms with Crippen LogP contribution in [0.3, 0.4) is 0 Å². The van der Waals surface area contributed by atoms with Crippen molar-refractivity contribution in [3.8, 4) is 11.5 Å². The lowest BCUT2D eigenvalue weighted by Gasteiger charge is -1.94. The second-order valence-corrected chi connectivity index (χ2v) is 5.26. The van der Waals surface area contributed by atoms with E-state index in [1.165, 1.54) is 12.1 Å². The molecule has 2 aromatic carbocycles. The van der Waals surface area contributed by atoms with E-state index < -0.39 is 5.97 Å². The first-order valence-electron chi connectivity index (χ1n) is 5.53. The summed E-state index contributed by atoms with van der Waals surface area (Å²) in [5.41, 5.74) is 2.19. The number of aromatic nitrogens is 1. The van der Waals surface area contributed by atoms with Crippen LogP contribution < -0.4 is 0 Å². The summed E-state index contributed by atoms with van der Waals surface area (Å²) in [5.74, 6) is -0.483. The Labute approximate surface area is 122 Å². The minimum Gasteiger partial charge on any atom is -0.478 e. The molecule has 19 heavy (non-hydrogen) atoms. The second kappa shape index (κ2) is 4.65. The number of oxazole rings is 1. The number of rotatable bonds is 2. The molecule has 94 valence electrons. The van der Waals surface area contributed by atoms with E-state index in [1.807, 2.05) is 24.3 Å². The third-order valence-corrected chi connectivity index (χ3v) is 3.45. The van der Waals surface area contributed by atoms with Crippen LogP contribution in [0.25, 0.3) is 22.6 Å². The highest BCUT2D eigenvalue weighted by molar-refractivity contribution is 14.1. The molecular formula is C14H8INO3. The Morgan fingerprint density at radius 1 is 1.16 bits per heavy atom. The fourth-order valence-electron chi connectivity index (χ4n) is 1.77. The summed E-state index contributed by atoms with van der Waals surface area (Å²) in [6.45, 7) is 0. The standard InChI is InChI=1S/C14H8INO3/c15-10-4-1-8(2-5-10)13-16-11-6-3-9(14(17)18)7-12(11)19-13/h1-7H,(H,17,18). The maximum absolute atomic E-state index is 10.9. The van der Waals surface area contributed by atoms with Crippen LogP contribution in [-0.2, 0) is 0 Å². The SMILES string of the molecule is O=C(O)c1ccc2nc(-c3ccc(I)cc3)oc2c1. The highest BCUT2D eigenvalue weighted by atomic mass is 127. The molecule has 0 saturated carbocycles. The number of carboxylic acids is 1. The molecule has 5 heteroatoms. The first-order valence-corrected chi connectivity index (χ1v) is 6.61. The van der Waals surface area contributed by atoms with Gasteiger partial charge in [0.05, 0.1) is 5.56 Å². The zero-order valence-electron chi connectivity index (χ0n) is 9.63. The van der Waals surface area contributed by atoms with Gasteiger partial charge in [-0.2, -0.15) is 0 Å². The van der Waals surface area contributed by atoms with Crippen LogP contribution in [0.4, 0.5) is 0 Å². The summed E-state index contributed by atoms with van der Waals surface area (Å²) in [5, 5.41) is 8.94. The van der Waals surface area contributed by atoms with E-state index in [2.05, 4.69) is 27.6 Å². The lowest BCUT2D eigenvalue weighted by molar-refractivity contribution is 0.0697. The van der Waals surface area contributed by atoms with Crippen molar-refractivity contribution in [1.29, 1.82) is 0 Å². The summed E-state index contributed by atoms with van der Waals surface area (Å²) in [6.07, 6.45) is 0. The third kappa shape index (κ3) is 2.33. The third-order valence-electron chi connectivity index (χ3n) is 2.73. The van der Waals surface area contributed by atoms with E-state index in [-0.39, 0.29) is 5.56 Å². The smallest absolute Gasteiger partial charge is 0.335 e. The molecule has 1 N–H and O–H groups in total. The molecule has 0 atom stereocenters. The minimum atomic E-state index is -0.978. The maximum Gasteiger partial charge on any atom is 0.335 e. The van der Waals surface area contributed by atoms with E-state index >= 15 is 0 Å². The van der Waals surface area contributed by atoms with E-state index in [1.54, 1.807) is 6.07 Å². The first kappa shape index (κ1) is 12.2. The molecule has 0 bridgehead atoms. The van der Waals surface area contributed by atoms with Crippen LogP contribution in [0.15, 0.2) is 46.9 Å². The van der Waals surface area contributed by atoms with Gasteiger partial charge in [-0.3, -0.25) is 0 Å². The highest BCUT2D eigenvalue weighted by Gasteiger charge is 2.10. The summed E-state index contributed by atoms with van der Waals surface area (Å²) < 4.78 is 6.74. The molecule has 3 rings (SSSR count). The molecule has 0 aliphatic rings. The molecule has 1 aromatic heterocycles. The van der Waals surface area contributed by atoms with Crippen molar-refractivity contribution in [2.24, 2.45) is 0 Å². The van der Waals surface area contributed by atoms with Gasteiger partial charge in [0, 0.05) is 9.13 Å². The van der Waals surface area contributed by atoms with Crippen LogP contribution >= 0.6 is 22.6 Å². The van der Waals surface area contributed by atoms with E-state index in [0.717, 1.165) is 9.13 Å². The molecule has 0 radical (unpaired) electrons. The zero-order chi connectivity index (χ0) is 13.4. The maximum atomic E-state index is 10.9. The van der Waals surface area contributed by atoms with E-state index in [4.69, 9.17) is 9.52 Å². The van der Waals surface area contributed by atoms with Gasteiger partial charge in [0.1, 0.15) is 5.52 Å².